The minimum Gasteiger partial charge on any atom is -0.375 e. The van der Waals surface area contributed by atoms with Gasteiger partial charge in [-0.15, -0.1) is 0 Å². The second-order valence-corrected chi connectivity index (χ2v) is 5.12. The van der Waals surface area contributed by atoms with E-state index in [1.54, 1.807) is 19.2 Å². The highest BCUT2D eigenvalue weighted by Crippen LogP contribution is 2.18. The molecule has 2 amide bonds. The predicted octanol–water partition coefficient (Wildman–Crippen LogP) is 2.76. The molecule has 0 spiro atoms. The number of hydrogen-bond donors (Lipinski definition) is 2. The molecule has 1 aromatic rings. The van der Waals surface area contributed by atoms with Gasteiger partial charge in [0.1, 0.15) is 5.82 Å². The number of nitrogens with one attached hydrogen (secondary N) is 2. The first kappa shape index (κ1) is 14.8. The van der Waals surface area contributed by atoms with Crippen molar-refractivity contribution in [2.45, 2.75) is 37.8 Å². The third-order valence-corrected chi connectivity index (χ3v) is 3.64. The van der Waals surface area contributed by atoms with Gasteiger partial charge in [0.2, 0.25) is 0 Å². The van der Waals surface area contributed by atoms with Crippen LogP contribution in [0.5, 0.6) is 0 Å². The summed E-state index contributed by atoms with van der Waals surface area (Å²) in [5.41, 5.74) is 0.716. The summed E-state index contributed by atoms with van der Waals surface area (Å²) < 4.78 is 18.5. The van der Waals surface area contributed by atoms with Crippen LogP contribution in [0.15, 0.2) is 24.3 Å². The van der Waals surface area contributed by atoms with Crippen LogP contribution in [-0.2, 0) is 4.74 Å². The molecule has 0 bridgehead atoms. The Morgan fingerprint density at radius 1 is 1.45 bits per heavy atom. The number of carbonyl (C=O) groups excluding carboxylic acids is 1. The Kier molecular flexibility index (Phi) is 5.35. The summed E-state index contributed by atoms with van der Waals surface area (Å²) in [6, 6.07) is 6.32. The number of urea groups is 1. The standard InChI is InChI=1S/C15H21FN2O2/c1-20-14(11-5-4-6-12(16)9-11)10-17-15(19)18-13-7-2-3-8-13/h4-6,9,13-14H,2-3,7-8,10H2,1H3,(H2,17,18,19). The Labute approximate surface area is 118 Å². The molecule has 110 valence electrons. The average molecular weight is 280 g/mol. The van der Waals surface area contributed by atoms with Crippen molar-refractivity contribution in [1.29, 1.82) is 0 Å². The molecular weight excluding hydrogens is 259 g/mol. The van der Waals surface area contributed by atoms with Crippen LogP contribution in [0.2, 0.25) is 0 Å². The topological polar surface area (TPSA) is 50.4 Å². The fourth-order valence-electron chi connectivity index (χ4n) is 2.54. The molecule has 1 saturated carbocycles. The lowest BCUT2D eigenvalue weighted by atomic mass is 10.1. The molecule has 1 unspecified atom stereocenters. The van der Waals surface area contributed by atoms with Gasteiger partial charge < -0.3 is 15.4 Å². The molecule has 0 radical (unpaired) electrons. The maximum absolute atomic E-state index is 13.2. The van der Waals surface area contributed by atoms with Crippen molar-refractivity contribution in [2.24, 2.45) is 0 Å². The summed E-state index contributed by atoms with van der Waals surface area (Å²) in [6.45, 7) is 0.318. The second kappa shape index (κ2) is 7.24. The first-order valence-corrected chi connectivity index (χ1v) is 7.01. The van der Waals surface area contributed by atoms with E-state index in [0.29, 0.717) is 12.1 Å². The quantitative estimate of drug-likeness (QED) is 0.871. The fraction of sp³-hybridized carbons (Fsp3) is 0.533. The van der Waals surface area contributed by atoms with Gasteiger partial charge in [-0.1, -0.05) is 25.0 Å². The van der Waals surface area contributed by atoms with Crippen LogP contribution >= 0.6 is 0 Å². The Bertz CT molecular complexity index is 447. The zero-order valence-electron chi connectivity index (χ0n) is 11.7. The number of methoxy groups -OCH3 is 1. The van der Waals surface area contributed by atoms with Gasteiger partial charge in [0.05, 0.1) is 6.10 Å². The van der Waals surface area contributed by atoms with Crippen LogP contribution in [0.4, 0.5) is 9.18 Å². The minimum absolute atomic E-state index is 0.185. The normalized spacial score (nSPS) is 16.9. The van der Waals surface area contributed by atoms with Gasteiger partial charge in [-0.2, -0.15) is 0 Å². The van der Waals surface area contributed by atoms with Gasteiger partial charge in [-0.25, -0.2) is 9.18 Å². The first-order valence-electron chi connectivity index (χ1n) is 7.01. The molecule has 0 aromatic heterocycles. The number of amides is 2. The van der Waals surface area contributed by atoms with Crippen molar-refractivity contribution >= 4 is 6.03 Å². The van der Waals surface area contributed by atoms with Gasteiger partial charge >= 0.3 is 6.03 Å². The zero-order valence-corrected chi connectivity index (χ0v) is 11.7. The highest BCUT2D eigenvalue weighted by molar-refractivity contribution is 5.74. The predicted molar refractivity (Wildman–Crippen MR) is 74.9 cm³/mol. The summed E-state index contributed by atoms with van der Waals surface area (Å²) in [5.74, 6) is -0.306. The monoisotopic (exact) mass is 280 g/mol. The Morgan fingerprint density at radius 2 is 2.20 bits per heavy atom. The number of halogens is 1. The van der Waals surface area contributed by atoms with E-state index in [-0.39, 0.29) is 24.0 Å². The highest BCUT2D eigenvalue weighted by atomic mass is 19.1. The van der Waals surface area contributed by atoms with Crippen LogP contribution in [0.1, 0.15) is 37.4 Å². The maximum Gasteiger partial charge on any atom is 0.315 e. The van der Waals surface area contributed by atoms with Crippen LogP contribution in [-0.4, -0.2) is 25.7 Å². The van der Waals surface area contributed by atoms with Crippen LogP contribution in [0, 0.1) is 5.82 Å². The lowest BCUT2D eigenvalue weighted by Gasteiger charge is -2.18. The van der Waals surface area contributed by atoms with Gasteiger partial charge in [0.25, 0.3) is 0 Å². The van der Waals surface area contributed by atoms with Crippen LogP contribution in [0.25, 0.3) is 0 Å². The van der Waals surface area contributed by atoms with Crippen molar-refractivity contribution in [3.05, 3.63) is 35.6 Å². The van der Waals surface area contributed by atoms with Crippen molar-refractivity contribution in [3.63, 3.8) is 0 Å². The third-order valence-electron chi connectivity index (χ3n) is 3.64. The van der Waals surface area contributed by atoms with Crippen molar-refractivity contribution in [2.75, 3.05) is 13.7 Å². The van der Waals surface area contributed by atoms with Crippen LogP contribution in [0.3, 0.4) is 0 Å². The lowest BCUT2D eigenvalue weighted by molar-refractivity contribution is 0.103. The van der Waals surface area contributed by atoms with E-state index in [4.69, 9.17) is 4.74 Å². The summed E-state index contributed by atoms with van der Waals surface area (Å²) >= 11 is 0. The summed E-state index contributed by atoms with van der Waals surface area (Å²) in [4.78, 5) is 11.8. The van der Waals surface area contributed by atoms with E-state index in [1.807, 2.05) is 0 Å². The molecule has 2 N–H and O–H groups in total. The van der Waals surface area contributed by atoms with Crippen molar-refractivity contribution in [3.8, 4) is 0 Å². The molecular formula is C15H21FN2O2. The zero-order chi connectivity index (χ0) is 14.4. The molecule has 0 aliphatic heterocycles. The number of benzene rings is 1. The molecule has 1 atom stereocenters. The second-order valence-electron chi connectivity index (χ2n) is 5.12. The molecule has 1 aromatic carbocycles. The lowest BCUT2D eigenvalue weighted by Crippen LogP contribution is -2.42. The Balaban J connectivity index is 1.82. The summed E-state index contributed by atoms with van der Waals surface area (Å²) in [7, 11) is 1.55. The molecule has 1 aliphatic rings. The maximum atomic E-state index is 13.2. The van der Waals surface area contributed by atoms with E-state index >= 15 is 0 Å². The minimum atomic E-state index is -0.347. The molecule has 0 saturated heterocycles. The molecule has 5 heteroatoms. The van der Waals surface area contributed by atoms with Crippen LogP contribution < -0.4 is 10.6 Å². The van der Waals surface area contributed by atoms with E-state index in [0.717, 1.165) is 12.8 Å². The van der Waals surface area contributed by atoms with Gasteiger partial charge in [0, 0.05) is 19.7 Å². The van der Waals surface area contributed by atoms with E-state index in [1.165, 1.54) is 25.0 Å². The largest absolute Gasteiger partial charge is 0.375 e. The first-order chi connectivity index (χ1) is 9.69. The van der Waals surface area contributed by atoms with E-state index < -0.39 is 0 Å². The summed E-state index contributed by atoms with van der Waals surface area (Å²) in [6.07, 6.45) is 4.10. The van der Waals surface area contributed by atoms with E-state index in [2.05, 4.69) is 10.6 Å². The van der Waals surface area contributed by atoms with Crippen molar-refractivity contribution < 1.29 is 13.9 Å². The average Bonchev–Trinajstić information content (AvgIpc) is 2.92. The SMILES string of the molecule is COC(CNC(=O)NC1CCCC1)c1cccc(F)c1. The smallest absolute Gasteiger partial charge is 0.315 e. The molecule has 2 rings (SSSR count). The Morgan fingerprint density at radius 3 is 2.85 bits per heavy atom. The highest BCUT2D eigenvalue weighted by Gasteiger charge is 2.18. The molecule has 1 fully saturated rings. The molecule has 4 nitrogen and oxygen atoms in total. The van der Waals surface area contributed by atoms with Gasteiger partial charge in [-0.05, 0) is 30.5 Å². The van der Waals surface area contributed by atoms with Gasteiger partial charge in [-0.3, -0.25) is 0 Å². The molecule has 0 heterocycles. The van der Waals surface area contributed by atoms with E-state index in [9.17, 15) is 9.18 Å². The van der Waals surface area contributed by atoms with Crippen molar-refractivity contribution in [1.82, 2.24) is 10.6 Å². The fourth-order valence-corrected chi connectivity index (χ4v) is 2.54. The summed E-state index contributed by atoms with van der Waals surface area (Å²) in [5, 5.41) is 5.72. The Hall–Kier alpha value is -1.62. The number of rotatable bonds is 5. The number of ether oxygens (including phenoxy) is 1. The third kappa shape index (κ3) is 4.20. The molecule has 20 heavy (non-hydrogen) atoms. The molecule has 1 aliphatic carbocycles. The number of carbonyl (C=O) groups is 1. The van der Waals surface area contributed by atoms with Gasteiger partial charge in [0.15, 0.2) is 0 Å². The number of hydrogen-bond acceptors (Lipinski definition) is 2.